The normalized spacial score (nSPS) is 25.0. The van der Waals surface area contributed by atoms with Gasteiger partial charge in [-0.25, -0.2) is 4.98 Å². The number of rotatable bonds is 2. The maximum atomic E-state index is 12.0. The molecule has 0 saturated carbocycles. The molecule has 2 aromatic heterocycles. The summed E-state index contributed by atoms with van der Waals surface area (Å²) in [5.74, 6) is 0.498. The number of benzene rings is 1. The van der Waals surface area contributed by atoms with E-state index < -0.39 is 5.91 Å². The second kappa shape index (κ2) is 5.70. The van der Waals surface area contributed by atoms with Crippen LogP contribution in [0.1, 0.15) is 37.6 Å². The largest absolute Gasteiger partial charge is 0.365 e. The van der Waals surface area contributed by atoms with Crippen LogP contribution in [0.5, 0.6) is 0 Å². The number of carbonyl (C=O) groups is 1. The molecule has 1 aromatic carbocycles. The second-order valence-electron chi connectivity index (χ2n) is 9.47. The summed E-state index contributed by atoms with van der Waals surface area (Å²) in [6.45, 7) is 10.1. The van der Waals surface area contributed by atoms with Crippen LogP contribution >= 0.6 is 0 Å². The number of aromatic amines is 1. The van der Waals surface area contributed by atoms with Crippen molar-refractivity contribution in [1.82, 2.24) is 15.3 Å². The molecule has 6 heteroatoms. The van der Waals surface area contributed by atoms with E-state index >= 15 is 0 Å². The minimum atomic E-state index is -0.456. The first kappa shape index (κ1) is 17.5. The van der Waals surface area contributed by atoms with E-state index in [2.05, 4.69) is 42.0 Å². The van der Waals surface area contributed by atoms with Gasteiger partial charge in [0, 0.05) is 41.6 Å². The van der Waals surface area contributed by atoms with Crippen molar-refractivity contribution in [2.45, 2.75) is 33.2 Å². The van der Waals surface area contributed by atoms with Crippen molar-refractivity contribution in [3.05, 3.63) is 36.0 Å². The van der Waals surface area contributed by atoms with E-state index in [4.69, 9.17) is 10.7 Å². The number of hydrogen-bond acceptors (Lipinski definition) is 4. The molecular formula is C22H27N5O. The highest BCUT2D eigenvalue weighted by molar-refractivity contribution is 6.18. The number of amides is 1. The third kappa shape index (κ3) is 2.30. The first-order valence-corrected chi connectivity index (χ1v) is 9.98. The van der Waals surface area contributed by atoms with E-state index in [1.54, 1.807) is 6.20 Å². The fourth-order valence-electron chi connectivity index (χ4n) is 5.69. The Hall–Kier alpha value is -2.60. The molecule has 146 valence electrons. The molecule has 1 amide bonds. The lowest BCUT2D eigenvalue weighted by Gasteiger charge is -2.61. The molecule has 1 spiro atoms. The highest BCUT2D eigenvalue weighted by atomic mass is 16.1. The van der Waals surface area contributed by atoms with Crippen LogP contribution in [0.25, 0.3) is 21.8 Å². The lowest BCUT2D eigenvalue weighted by Crippen LogP contribution is -2.70. The third-order valence-corrected chi connectivity index (χ3v) is 6.53. The highest BCUT2D eigenvalue weighted by Gasteiger charge is 2.58. The summed E-state index contributed by atoms with van der Waals surface area (Å²) in [5.41, 5.74) is 8.29. The summed E-state index contributed by atoms with van der Waals surface area (Å²) in [6, 6.07) is 8.52. The van der Waals surface area contributed by atoms with E-state index in [0.717, 1.165) is 47.3 Å². The zero-order valence-electron chi connectivity index (χ0n) is 16.7. The molecule has 2 atom stereocenters. The SMILES string of the molecule is CC(C)(C)C1N(c2ncc(C(N)=O)c3[nH]c4ccccc4c23)CC12CCNC2. The summed E-state index contributed by atoms with van der Waals surface area (Å²) in [6.07, 6.45) is 2.83. The van der Waals surface area contributed by atoms with Crippen molar-refractivity contribution in [2.75, 3.05) is 24.5 Å². The van der Waals surface area contributed by atoms with Gasteiger partial charge in [-0.1, -0.05) is 39.0 Å². The predicted octanol–water partition coefficient (Wildman–Crippen LogP) is 3.03. The van der Waals surface area contributed by atoms with Crippen molar-refractivity contribution in [1.29, 1.82) is 0 Å². The molecule has 3 aromatic rings. The zero-order chi connectivity index (χ0) is 19.7. The van der Waals surface area contributed by atoms with Crippen molar-refractivity contribution in [2.24, 2.45) is 16.6 Å². The number of nitrogens with zero attached hydrogens (tertiary/aromatic N) is 2. The minimum absolute atomic E-state index is 0.118. The van der Waals surface area contributed by atoms with Gasteiger partial charge in [-0.15, -0.1) is 0 Å². The van der Waals surface area contributed by atoms with Crippen molar-refractivity contribution < 1.29 is 4.79 Å². The first-order chi connectivity index (χ1) is 13.3. The fraction of sp³-hybridized carbons (Fsp3) is 0.455. The number of primary amides is 1. The molecule has 4 heterocycles. The van der Waals surface area contributed by atoms with E-state index in [9.17, 15) is 4.79 Å². The van der Waals surface area contributed by atoms with Crippen molar-refractivity contribution in [3.8, 4) is 0 Å². The summed E-state index contributed by atoms with van der Waals surface area (Å²) < 4.78 is 0. The molecule has 6 nitrogen and oxygen atoms in total. The topological polar surface area (TPSA) is 87.0 Å². The first-order valence-electron chi connectivity index (χ1n) is 9.98. The summed E-state index contributed by atoms with van der Waals surface area (Å²) in [5, 5.41) is 5.65. The molecule has 0 radical (unpaired) electrons. The van der Waals surface area contributed by atoms with E-state index in [0.29, 0.717) is 17.0 Å². The van der Waals surface area contributed by atoms with Crippen LogP contribution in [0.4, 0.5) is 5.82 Å². The Balaban J connectivity index is 1.73. The highest BCUT2D eigenvalue weighted by Crippen LogP contribution is 2.53. The lowest BCUT2D eigenvalue weighted by molar-refractivity contribution is 0.0632. The fourth-order valence-corrected chi connectivity index (χ4v) is 5.69. The maximum absolute atomic E-state index is 12.0. The molecule has 0 aliphatic carbocycles. The van der Waals surface area contributed by atoms with Crippen molar-refractivity contribution >= 4 is 33.5 Å². The van der Waals surface area contributed by atoms with Crippen LogP contribution in [0, 0.1) is 10.8 Å². The number of anilines is 1. The number of pyridine rings is 1. The monoisotopic (exact) mass is 377 g/mol. The van der Waals surface area contributed by atoms with Crippen LogP contribution in [-0.4, -0.2) is 41.6 Å². The predicted molar refractivity (Wildman–Crippen MR) is 113 cm³/mol. The Morgan fingerprint density at radius 1 is 1.32 bits per heavy atom. The van der Waals surface area contributed by atoms with E-state index in [1.165, 1.54) is 6.42 Å². The van der Waals surface area contributed by atoms with Gasteiger partial charge in [0.05, 0.1) is 16.5 Å². The van der Waals surface area contributed by atoms with Gasteiger partial charge >= 0.3 is 0 Å². The molecule has 2 saturated heterocycles. The van der Waals surface area contributed by atoms with Gasteiger partial charge in [-0.2, -0.15) is 0 Å². The average Bonchev–Trinajstić information content (AvgIpc) is 3.23. The number of nitrogens with two attached hydrogens (primary N) is 1. The number of carbonyl (C=O) groups excluding carboxylic acids is 1. The van der Waals surface area contributed by atoms with Gasteiger partial charge in [0.25, 0.3) is 5.91 Å². The average molecular weight is 377 g/mol. The molecule has 28 heavy (non-hydrogen) atoms. The maximum Gasteiger partial charge on any atom is 0.252 e. The molecule has 5 rings (SSSR count). The molecule has 2 unspecified atom stereocenters. The van der Waals surface area contributed by atoms with Gasteiger partial charge in [0.15, 0.2) is 0 Å². The standard InChI is InChI=1S/C22H27N5O/c1-21(2,3)20-22(8-9-24-11-22)12-27(20)19-16-13-6-4-5-7-15(13)26-17(16)14(10-25-19)18(23)28/h4-7,10,20,24,26H,8-9,11-12H2,1-3H3,(H2,23,28). The second-order valence-corrected chi connectivity index (χ2v) is 9.47. The van der Waals surface area contributed by atoms with Gasteiger partial charge < -0.3 is 20.9 Å². The zero-order valence-corrected chi connectivity index (χ0v) is 16.7. The van der Waals surface area contributed by atoms with Crippen LogP contribution < -0.4 is 16.0 Å². The molecule has 4 N–H and O–H groups in total. The minimum Gasteiger partial charge on any atom is -0.365 e. The molecular weight excluding hydrogens is 350 g/mol. The Morgan fingerprint density at radius 2 is 2.11 bits per heavy atom. The van der Waals surface area contributed by atoms with Gasteiger partial charge in [-0.05, 0) is 24.4 Å². The molecule has 2 aliphatic rings. The number of fused-ring (bicyclic) bond motifs is 3. The van der Waals surface area contributed by atoms with E-state index in [1.807, 2.05) is 18.2 Å². The summed E-state index contributed by atoms with van der Waals surface area (Å²) >= 11 is 0. The van der Waals surface area contributed by atoms with Crippen LogP contribution in [0.2, 0.25) is 0 Å². The summed E-state index contributed by atoms with van der Waals surface area (Å²) in [7, 11) is 0. The smallest absolute Gasteiger partial charge is 0.252 e. The Bertz CT molecular complexity index is 1090. The number of hydrogen-bond donors (Lipinski definition) is 3. The molecule has 0 bridgehead atoms. The van der Waals surface area contributed by atoms with Gasteiger partial charge in [0.2, 0.25) is 0 Å². The van der Waals surface area contributed by atoms with Crippen LogP contribution in [-0.2, 0) is 0 Å². The Kier molecular flexibility index (Phi) is 3.56. The number of nitrogens with one attached hydrogen (secondary N) is 2. The number of H-pyrrole nitrogens is 1. The Morgan fingerprint density at radius 3 is 2.79 bits per heavy atom. The van der Waals surface area contributed by atoms with Crippen LogP contribution in [0.3, 0.4) is 0 Å². The third-order valence-electron chi connectivity index (χ3n) is 6.53. The van der Waals surface area contributed by atoms with Gasteiger partial charge in [-0.3, -0.25) is 4.79 Å². The number of para-hydroxylation sites is 1. The Labute approximate surface area is 164 Å². The lowest BCUT2D eigenvalue weighted by atomic mass is 9.61. The molecule has 2 fully saturated rings. The van der Waals surface area contributed by atoms with E-state index in [-0.39, 0.29) is 5.41 Å². The van der Waals surface area contributed by atoms with Gasteiger partial charge in [0.1, 0.15) is 5.82 Å². The quantitative estimate of drug-likeness (QED) is 0.641. The molecule has 2 aliphatic heterocycles. The summed E-state index contributed by atoms with van der Waals surface area (Å²) in [4.78, 5) is 22.7. The van der Waals surface area contributed by atoms with Crippen molar-refractivity contribution in [3.63, 3.8) is 0 Å². The number of aromatic nitrogens is 2. The van der Waals surface area contributed by atoms with Crippen LogP contribution in [0.15, 0.2) is 30.5 Å².